The zero-order valence-corrected chi connectivity index (χ0v) is 8.64. The van der Waals surface area contributed by atoms with Crippen molar-refractivity contribution in [2.24, 2.45) is 5.73 Å². The van der Waals surface area contributed by atoms with Gasteiger partial charge in [0.25, 0.3) is 5.19 Å². The summed E-state index contributed by atoms with van der Waals surface area (Å²) in [4.78, 5) is 4.02. The molecule has 3 nitrogen and oxygen atoms in total. The van der Waals surface area contributed by atoms with Gasteiger partial charge in [-0.2, -0.15) is 4.98 Å². The molecule has 1 saturated carbocycles. The Labute approximate surface area is 85.9 Å². The van der Waals surface area contributed by atoms with Crippen LogP contribution in [-0.2, 0) is 0 Å². The zero-order chi connectivity index (χ0) is 9.26. The van der Waals surface area contributed by atoms with Crippen LogP contribution in [0.3, 0.4) is 0 Å². The lowest BCUT2D eigenvalue weighted by molar-refractivity contribution is 0.207. The number of aromatic nitrogens is 1. The van der Waals surface area contributed by atoms with Gasteiger partial charge in [-0.05, 0) is 19.3 Å². The van der Waals surface area contributed by atoms with Crippen LogP contribution >= 0.6 is 22.9 Å². The van der Waals surface area contributed by atoms with Crippen LogP contribution in [0, 0.1) is 0 Å². The van der Waals surface area contributed by atoms with Gasteiger partial charge in [0.15, 0.2) is 0 Å². The topological polar surface area (TPSA) is 48.1 Å². The van der Waals surface area contributed by atoms with Gasteiger partial charge in [0.05, 0.1) is 0 Å². The molecule has 72 valence electrons. The van der Waals surface area contributed by atoms with E-state index in [1.165, 1.54) is 11.3 Å². The fourth-order valence-electron chi connectivity index (χ4n) is 1.52. The molecule has 1 heterocycles. The van der Waals surface area contributed by atoms with Crippen molar-refractivity contribution < 1.29 is 4.74 Å². The molecule has 0 amide bonds. The van der Waals surface area contributed by atoms with Crippen LogP contribution < -0.4 is 10.5 Å². The first-order chi connectivity index (χ1) is 6.24. The van der Waals surface area contributed by atoms with E-state index >= 15 is 0 Å². The van der Waals surface area contributed by atoms with Gasteiger partial charge in [0, 0.05) is 11.4 Å². The number of halogens is 1. The van der Waals surface area contributed by atoms with Gasteiger partial charge in [-0.3, -0.25) is 0 Å². The predicted octanol–water partition coefficient (Wildman–Crippen LogP) is 2.06. The third-order valence-corrected chi connectivity index (χ3v) is 3.20. The van der Waals surface area contributed by atoms with Crippen LogP contribution in [0.1, 0.15) is 19.3 Å². The summed E-state index contributed by atoms with van der Waals surface area (Å²) >= 11 is 7.10. The van der Waals surface area contributed by atoms with Crippen molar-refractivity contribution in [3.63, 3.8) is 0 Å². The molecule has 0 spiro atoms. The first-order valence-corrected chi connectivity index (χ1v) is 5.53. The van der Waals surface area contributed by atoms with Crippen LogP contribution in [0.4, 0.5) is 0 Å². The average molecular weight is 219 g/mol. The van der Waals surface area contributed by atoms with Crippen molar-refractivity contribution in [2.45, 2.75) is 31.4 Å². The molecule has 0 aliphatic heterocycles. The second kappa shape index (κ2) is 3.82. The molecule has 2 rings (SSSR count). The Kier molecular flexibility index (Phi) is 2.71. The first kappa shape index (κ1) is 9.24. The zero-order valence-electron chi connectivity index (χ0n) is 7.07. The Hall–Kier alpha value is -0.320. The standard InChI is InChI=1S/C8H11ClN2OS/c9-7-4-13-8(11-7)12-6-2-1-5(10)3-6/h4-6H,1-3,10H2. The minimum absolute atomic E-state index is 0.234. The van der Waals surface area contributed by atoms with E-state index in [1.54, 1.807) is 5.38 Å². The van der Waals surface area contributed by atoms with E-state index in [-0.39, 0.29) is 6.10 Å². The maximum atomic E-state index is 5.76. The molecule has 1 aromatic heterocycles. The molecule has 0 bridgehead atoms. The van der Waals surface area contributed by atoms with Crippen molar-refractivity contribution in [1.82, 2.24) is 4.98 Å². The lowest BCUT2D eigenvalue weighted by Gasteiger charge is -2.09. The average Bonchev–Trinajstić information content (AvgIpc) is 2.62. The molecule has 1 aromatic rings. The summed E-state index contributed by atoms with van der Waals surface area (Å²) in [7, 11) is 0. The summed E-state index contributed by atoms with van der Waals surface area (Å²) in [6.45, 7) is 0. The Morgan fingerprint density at radius 3 is 3.00 bits per heavy atom. The third-order valence-electron chi connectivity index (χ3n) is 2.15. The van der Waals surface area contributed by atoms with Gasteiger partial charge < -0.3 is 10.5 Å². The SMILES string of the molecule is NC1CCC(Oc2nc(Cl)cs2)C1. The molecule has 1 aliphatic rings. The normalized spacial score (nSPS) is 27.8. The van der Waals surface area contributed by atoms with Crippen molar-refractivity contribution >= 4 is 22.9 Å². The van der Waals surface area contributed by atoms with Crippen LogP contribution in [0.15, 0.2) is 5.38 Å². The number of hydrogen-bond acceptors (Lipinski definition) is 4. The smallest absolute Gasteiger partial charge is 0.274 e. The van der Waals surface area contributed by atoms with Crippen molar-refractivity contribution in [1.29, 1.82) is 0 Å². The van der Waals surface area contributed by atoms with Gasteiger partial charge >= 0.3 is 0 Å². The lowest BCUT2D eigenvalue weighted by Crippen LogP contribution is -2.18. The van der Waals surface area contributed by atoms with Crippen LogP contribution in [0.5, 0.6) is 5.19 Å². The Morgan fingerprint density at radius 1 is 1.62 bits per heavy atom. The van der Waals surface area contributed by atoms with Crippen LogP contribution in [0.25, 0.3) is 0 Å². The van der Waals surface area contributed by atoms with Gasteiger partial charge in [-0.25, -0.2) is 0 Å². The molecule has 1 aliphatic carbocycles. The molecule has 2 atom stereocenters. The second-order valence-electron chi connectivity index (χ2n) is 3.25. The summed E-state index contributed by atoms with van der Waals surface area (Å²) in [6.07, 6.45) is 3.23. The maximum absolute atomic E-state index is 5.76. The fourth-order valence-corrected chi connectivity index (χ4v) is 2.37. The summed E-state index contributed by atoms with van der Waals surface area (Å²) in [5.41, 5.74) is 5.76. The molecule has 0 radical (unpaired) electrons. The molecule has 2 N–H and O–H groups in total. The van der Waals surface area contributed by atoms with E-state index in [0.29, 0.717) is 16.4 Å². The Balaban J connectivity index is 1.91. The first-order valence-electron chi connectivity index (χ1n) is 4.27. The van der Waals surface area contributed by atoms with Gasteiger partial charge in [0.1, 0.15) is 11.3 Å². The second-order valence-corrected chi connectivity index (χ2v) is 4.46. The number of nitrogens with two attached hydrogens (primary N) is 1. The van der Waals surface area contributed by atoms with Crippen molar-refractivity contribution in [3.8, 4) is 5.19 Å². The van der Waals surface area contributed by atoms with E-state index in [2.05, 4.69) is 4.98 Å². The van der Waals surface area contributed by atoms with E-state index in [0.717, 1.165) is 19.3 Å². The minimum Gasteiger partial charge on any atom is -0.467 e. The number of thiazole rings is 1. The highest BCUT2D eigenvalue weighted by atomic mass is 35.5. The summed E-state index contributed by atoms with van der Waals surface area (Å²) < 4.78 is 5.61. The molecule has 2 unspecified atom stereocenters. The van der Waals surface area contributed by atoms with E-state index in [9.17, 15) is 0 Å². The van der Waals surface area contributed by atoms with E-state index in [1.807, 2.05) is 0 Å². The number of rotatable bonds is 2. The fraction of sp³-hybridized carbons (Fsp3) is 0.625. The van der Waals surface area contributed by atoms with Crippen molar-refractivity contribution in [3.05, 3.63) is 10.5 Å². The lowest BCUT2D eigenvalue weighted by atomic mass is 10.3. The predicted molar refractivity (Wildman–Crippen MR) is 53.4 cm³/mol. The molecule has 1 fully saturated rings. The summed E-state index contributed by atoms with van der Waals surface area (Å²) in [5, 5.41) is 2.93. The maximum Gasteiger partial charge on any atom is 0.274 e. The Bertz CT molecular complexity index is 291. The number of nitrogens with zero attached hydrogens (tertiary/aromatic N) is 1. The van der Waals surface area contributed by atoms with Gasteiger partial charge in [0.2, 0.25) is 0 Å². The van der Waals surface area contributed by atoms with Gasteiger partial charge in [-0.1, -0.05) is 22.9 Å². The monoisotopic (exact) mass is 218 g/mol. The largest absolute Gasteiger partial charge is 0.467 e. The molecular weight excluding hydrogens is 208 g/mol. The van der Waals surface area contributed by atoms with E-state index < -0.39 is 0 Å². The molecule has 0 aromatic carbocycles. The number of hydrogen-bond donors (Lipinski definition) is 1. The van der Waals surface area contributed by atoms with Crippen molar-refractivity contribution in [2.75, 3.05) is 0 Å². The number of ether oxygens (including phenoxy) is 1. The van der Waals surface area contributed by atoms with Gasteiger partial charge in [-0.15, -0.1) is 0 Å². The molecule has 0 saturated heterocycles. The van der Waals surface area contributed by atoms with Crippen LogP contribution in [0.2, 0.25) is 5.15 Å². The molecular formula is C8H11ClN2OS. The third kappa shape index (κ3) is 2.33. The highest BCUT2D eigenvalue weighted by Gasteiger charge is 2.23. The molecule has 13 heavy (non-hydrogen) atoms. The minimum atomic E-state index is 0.234. The van der Waals surface area contributed by atoms with Crippen LogP contribution in [-0.4, -0.2) is 17.1 Å². The quantitative estimate of drug-likeness (QED) is 0.827. The molecule has 5 heteroatoms. The van der Waals surface area contributed by atoms with E-state index in [4.69, 9.17) is 22.1 Å². The highest BCUT2D eigenvalue weighted by molar-refractivity contribution is 7.11. The summed E-state index contributed by atoms with van der Waals surface area (Å²) in [5.74, 6) is 0. The summed E-state index contributed by atoms with van der Waals surface area (Å²) in [6, 6.07) is 0.292. The highest BCUT2D eigenvalue weighted by Crippen LogP contribution is 2.27. The Morgan fingerprint density at radius 2 is 2.46 bits per heavy atom.